The van der Waals surface area contributed by atoms with Crippen molar-refractivity contribution in [2.24, 2.45) is 0 Å². The summed E-state index contributed by atoms with van der Waals surface area (Å²) >= 11 is 8.54. The summed E-state index contributed by atoms with van der Waals surface area (Å²) in [5, 5.41) is 9.24. The first-order valence-electron chi connectivity index (χ1n) is 10.9. The number of halogens is 2. The van der Waals surface area contributed by atoms with Crippen molar-refractivity contribution < 1.29 is 27.4 Å². The highest BCUT2D eigenvalue weighted by Gasteiger charge is 2.30. The van der Waals surface area contributed by atoms with E-state index in [1.54, 1.807) is 13.0 Å². The van der Waals surface area contributed by atoms with E-state index in [-0.39, 0.29) is 14.5 Å². The van der Waals surface area contributed by atoms with Crippen LogP contribution in [0, 0.1) is 19.7 Å². The number of nitrogens with zero attached hydrogens (tertiary/aromatic N) is 1. The summed E-state index contributed by atoms with van der Waals surface area (Å²) < 4.78 is 48.9. The first-order chi connectivity index (χ1) is 16.4. The van der Waals surface area contributed by atoms with Gasteiger partial charge in [0.1, 0.15) is 15.8 Å². The number of hydrogen-bond donors (Lipinski definition) is 1. The van der Waals surface area contributed by atoms with E-state index in [0.29, 0.717) is 40.9 Å². The molecule has 0 saturated carbocycles. The number of sulfonamides is 1. The number of fused-ring (bicyclic) bond motifs is 1. The summed E-state index contributed by atoms with van der Waals surface area (Å²) in [7, 11) is -3.80. The van der Waals surface area contributed by atoms with E-state index >= 15 is 0 Å². The van der Waals surface area contributed by atoms with Gasteiger partial charge in [-0.2, -0.15) is 4.31 Å². The second-order valence-electron chi connectivity index (χ2n) is 8.18. The average molecular weight is 560 g/mol. The van der Waals surface area contributed by atoms with Crippen molar-refractivity contribution in [3.8, 4) is 5.75 Å². The van der Waals surface area contributed by atoms with Crippen molar-refractivity contribution in [1.82, 2.24) is 4.31 Å². The summed E-state index contributed by atoms with van der Waals surface area (Å²) in [5.41, 5.74) is 1.32. The second kappa shape index (κ2) is 11.5. The van der Waals surface area contributed by atoms with Gasteiger partial charge in [0.15, 0.2) is 6.61 Å². The van der Waals surface area contributed by atoms with E-state index in [2.05, 4.69) is 0 Å². The minimum Gasteiger partial charge on any atom is -0.482 e. The molecule has 190 valence electrons. The molecule has 0 aliphatic carbocycles. The Bertz CT molecular complexity index is 1340. The number of carbonyl (C=O) groups is 1. The third kappa shape index (κ3) is 6.48. The SMILES string of the molecule is CCCN(C[C@@H](C)Sc1ccc(OCC(=O)O)c(C)c1)S(=O)(=O)c1sc2cc(Cl)c(F)cc2c1C. The van der Waals surface area contributed by atoms with Gasteiger partial charge in [-0.25, -0.2) is 17.6 Å². The summed E-state index contributed by atoms with van der Waals surface area (Å²) in [6.07, 6.45) is 0.649. The molecule has 35 heavy (non-hydrogen) atoms. The molecule has 1 aromatic heterocycles. The van der Waals surface area contributed by atoms with Crippen LogP contribution in [0.25, 0.3) is 10.1 Å². The molecule has 2 aromatic carbocycles. The highest BCUT2D eigenvalue weighted by molar-refractivity contribution is 8.00. The van der Waals surface area contributed by atoms with Gasteiger partial charge in [0, 0.05) is 27.9 Å². The van der Waals surface area contributed by atoms with Crippen LogP contribution in [0.4, 0.5) is 4.39 Å². The van der Waals surface area contributed by atoms with Crippen LogP contribution < -0.4 is 4.74 Å². The van der Waals surface area contributed by atoms with Crippen molar-refractivity contribution >= 4 is 60.8 Å². The number of aryl methyl sites for hydroxylation is 2. The second-order valence-corrected chi connectivity index (χ2v) is 13.3. The van der Waals surface area contributed by atoms with E-state index in [1.165, 1.54) is 28.2 Å². The molecule has 0 saturated heterocycles. The molecule has 0 unspecified atom stereocenters. The van der Waals surface area contributed by atoms with Gasteiger partial charge in [0.25, 0.3) is 10.0 Å². The first-order valence-corrected chi connectivity index (χ1v) is 14.5. The third-order valence-corrected chi connectivity index (χ3v) is 10.4. The number of hydrogen-bond acceptors (Lipinski definition) is 6. The molecule has 3 rings (SSSR count). The molecular formula is C24H27ClFNO5S3. The normalized spacial score (nSPS) is 12.9. The fourth-order valence-corrected chi connectivity index (χ4v) is 8.64. The van der Waals surface area contributed by atoms with Gasteiger partial charge < -0.3 is 9.84 Å². The van der Waals surface area contributed by atoms with Crippen LogP contribution in [0.1, 0.15) is 31.4 Å². The molecule has 0 amide bonds. The maximum Gasteiger partial charge on any atom is 0.341 e. The van der Waals surface area contributed by atoms with Crippen molar-refractivity contribution in [1.29, 1.82) is 0 Å². The lowest BCUT2D eigenvalue weighted by molar-refractivity contribution is -0.139. The lowest BCUT2D eigenvalue weighted by Crippen LogP contribution is -2.36. The van der Waals surface area contributed by atoms with Crippen LogP contribution in [-0.4, -0.2) is 48.7 Å². The van der Waals surface area contributed by atoms with Gasteiger partial charge in [-0.1, -0.05) is 25.4 Å². The number of benzene rings is 2. The molecule has 11 heteroatoms. The van der Waals surface area contributed by atoms with Crippen molar-refractivity contribution in [2.75, 3.05) is 19.7 Å². The van der Waals surface area contributed by atoms with Gasteiger partial charge in [-0.3, -0.25) is 0 Å². The number of thioether (sulfide) groups is 1. The summed E-state index contributed by atoms with van der Waals surface area (Å²) in [6, 6.07) is 8.21. The summed E-state index contributed by atoms with van der Waals surface area (Å²) in [4.78, 5) is 11.7. The number of carboxylic acids is 1. The van der Waals surface area contributed by atoms with Gasteiger partial charge >= 0.3 is 5.97 Å². The van der Waals surface area contributed by atoms with Gasteiger partial charge in [0.2, 0.25) is 0 Å². The van der Waals surface area contributed by atoms with Crippen LogP contribution >= 0.6 is 34.7 Å². The minimum atomic E-state index is -3.80. The zero-order chi connectivity index (χ0) is 25.9. The van der Waals surface area contributed by atoms with E-state index in [0.717, 1.165) is 21.8 Å². The molecule has 3 aromatic rings. The molecule has 0 bridgehead atoms. The Hall–Kier alpha value is -1.85. The van der Waals surface area contributed by atoms with Crippen molar-refractivity contribution in [3.05, 3.63) is 52.3 Å². The van der Waals surface area contributed by atoms with Gasteiger partial charge in [-0.05, 0) is 67.1 Å². The number of ether oxygens (including phenoxy) is 1. The fraction of sp³-hybridized carbons (Fsp3) is 0.375. The highest BCUT2D eigenvalue weighted by Crippen LogP contribution is 2.38. The topological polar surface area (TPSA) is 83.9 Å². The quantitative estimate of drug-likeness (QED) is 0.275. The lowest BCUT2D eigenvalue weighted by atomic mass is 10.2. The van der Waals surface area contributed by atoms with E-state index in [9.17, 15) is 17.6 Å². The van der Waals surface area contributed by atoms with Crippen LogP contribution in [0.2, 0.25) is 5.02 Å². The van der Waals surface area contributed by atoms with Crippen molar-refractivity contribution in [3.63, 3.8) is 0 Å². The zero-order valence-corrected chi connectivity index (χ0v) is 23.0. The number of rotatable bonds is 11. The Morgan fingerprint density at radius 3 is 2.63 bits per heavy atom. The maximum atomic E-state index is 14.0. The molecule has 1 heterocycles. The van der Waals surface area contributed by atoms with Crippen LogP contribution in [0.15, 0.2) is 39.4 Å². The highest BCUT2D eigenvalue weighted by atomic mass is 35.5. The molecular weight excluding hydrogens is 533 g/mol. The standard InChI is InChI=1S/C24H27ClFNO5S3/c1-5-8-27(12-15(3)33-17-6-7-21(14(2)9-17)32-13-23(28)29)35(30,31)24-16(4)18-10-20(26)19(25)11-22(18)34-24/h6-7,9-11,15H,5,8,12-13H2,1-4H3,(H,28,29)/t15-/m1/s1. The minimum absolute atomic E-state index is 0.0344. The van der Waals surface area contributed by atoms with Gasteiger partial charge in [0.05, 0.1) is 5.02 Å². The third-order valence-electron chi connectivity index (χ3n) is 5.28. The first kappa shape index (κ1) is 27.7. The lowest BCUT2D eigenvalue weighted by Gasteiger charge is -2.24. The molecule has 1 N–H and O–H groups in total. The van der Waals surface area contributed by atoms with Crippen LogP contribution in [0.3, 0.4) is 0 Å². The molecule has 0 radical (unpaired) electrons. The Morgan fingerprint density at radius 2 is 2.00 bits per heavy atom. The molecule has 6 nitrogen and oxygen atoms in total. The van der Waals surface area contributed by atoms with E-state index in [4.69, 9.17) is 21.4 Å². The summed E-state index contributed by atoms with van der Waals surface area (Å²) in [6.45, 7) is 7.64. The van der Waals surface area contributed by atoms with E-state index < -0.39 is 28.4 Å². The fourth-order valence-electron chi connectivity index (χ4n) is 3.67. The molecule has 0 spiro atoms. The molecule has 0 fully saturated rings. The average Bonchev–Trinajstić information content (AvgIpc) is 3.09. The molecule has 0 aliphatic rings. The van der Waals surface area contributed by atoms with Gasteiger partial charge in [-0.15, -0.1) is 23.1 Å². The summed E-state index contributed by atoms with van der Waals surface area (Å²) in [5.74, 6) is -1.12. The Kier molecular flexibility index (Phi) is 9.09. The Balaban J connectivity index is 1.81. The Labute approximate surface area is 218 Å². The monoisotopic (exact) mass is 559 g/mol. The predicted molar refractivity (Wildman–Crippen MR) is 140 cm³/mol. The molecule has 1 atom stereocenters. The smallest absolute Gasteiger partial charge is 0.341 e. The molecule has 0 aliphatic heterocycles. The zero-order valence-electron chi connectivity index (χ0n) is 19.8. The maximum absolute atomic E-state index is 14.0. The Morgan fingerprint density at radius 1 is 1.29 bits per heavy atom. The number of aliphatic carboxylic acids is 1. The number of carboxylic acid groups (broad SMARTS) is 1. The van der Waals surface area contributed by atoms with Crippen LogP contribution in [-0.2, 0) is 14.8 Å². The van der Waals surface area contributed by atoms with Crippen LogP contribution in [0.5, 0.6) is 5.75 Å². The van der Waals surface area contributed by atoms with Crippen molar-refractivity contribution in [2.45, 2.75) is 48.5 Å². The number of thiophene rings is 1. The largest absolute Gasteiger partial charge is 0.482 e. The van der Waals surface area contributed by atoms with E-state index in [1.807, 2.05) is 32.9 Å². The predicted octanol–water partition coefficient (Wildman–Crippen LogP) is 6.36.